The van der Waals surface area contributed by atoms with E-state index in [-0.39, 0.29) is 23.0 Å². The molecule has 10 heteroatoms. The fraction of sp³-hybridized carbons (Fsp3) is 0.571. The quantitative estimate of drug-likeness (QED) is 0.492. The van der Waals surface area contributed by atoms with Gasteiger partial charge in [0, 0.05) is 18.7 Å². The van der Waals surface area contributed by atoms with Gasteiger partial charge in [-0.15, -0.1) is 0 Å². The summed E-state index contributed by atoms with van der Waals surface area (Å²) in [7, 11) is 0. The average molecular weight is 439 g/mol. The molecule has 1 saturated heterocycles. The van der Waals surface area contributed by atoms with Gasteiger partial charge in [0.15, 0.2) is 5.96 Å². The molecule has 2 aliphatic rings. The minimum Gasteiger partial charge on any atom is -0.370 e. The van der Waals surface area contributed by atoms with E-state index in [4.69, 9.17) is 17.2 Å². The van der Waals surface area contributed by atoms with Crippen molar-refractivity contribution in [2.75, 3.05) is 13.1 Å². The lowest BCUT2D eigenvalue weighted by Gasteiger charge is -2.40. The maximum atomic E-state index is 13.7. The van der Waals surface area contributed by atoms with Crippen molar-refractivity contribution in [1.82, 2.24) is 4.90 Å². The number of benzene rings is 1. The van der Waals surface area contributed by atoms with Crippen LogP contribution in [0.3, 0.4) is 0 Å². The molecule has 2 fully saturated rings. The largest absolute Gasteiger partial charge is 0.416 e. The molecule has 0 aromatic heterocycles. The molecule has 31 heavy (non-hydrogen) atoms. The highest BCUT2D eigenvalue weighted by Crippen LogP contribution is 2.40. The number of amides is 2. The number of hydrogen-bond donors (Lipinski definition) is 3. The van der Waals surface area contributed by atoms with Crippen LogP contribution in [0.2, 0.25) is 0 Å². The number of guanidine groups is 1. The number of carbonyl (C=O) groups excluding carboxylic acids is 2. The molecule has 6 N–H and O–H groups in total. The van der Waals surface area contributed by atoms with Gasteiger partial charge in [-0.05, 0) is 49.3 Å². The molecule has 0 bridgehead atoms. The third-order valence-electron chi connectivity index (χ3n) is 6.23. The summed E-state index contributed by atoms with van der Waals surface area (Å²) in [5, 5.41) is 0. The van der Waals surface area contributed by atoms with E-state index in [1.807, 2.05) is 0 Å². The molecule has 0 spiro atoms. The fourth-order valence-electron chi connectivity index (χ4n) is 4.58. The number of hydrogen-bond acceptors (Lipinski definition) is 3. The number of rotatable bonds is 3. The smallest absolute Gasteiger partial charge is 0.370 e. The minimum absolute atomic E-state index is 0.0973. The maximum Gasteiger partial charge on any atom is 0.416 e. The lowest BCUT2D eigenvalue weighted by Crippen LogP contribution is -2.57. The Morgan fingerprint density at radius 3 is 2.23 bits per heavy atom. The van der Waals surface area contributed by atoms with Gasteiger partial charge >= 0.3 is 6.18 Å². The van der Waals surface area contributed by atoms with Crippen molar-refractivity contribution < 1.29 is 22.8 Å². The van der Waals surface area contributed by atoms with Gasteiger partial charge in [-0.1, -0.05) is 25.3 Å². The van der Waals surface area contributed by atoms with E-state index in [9.17, 15) is 22.8 Å². The summed E-state index contributed by atoms with van der Waals surface area (Å²) in [6.45, 7) is 0.711. The molecule has 1 heterocycles. The number of carbonyl (C=O) groups is 2. The van der Waals surface area contributed by atoms with Crippen LogP contribution < -0.4 is 17.2 Å². The highest BCUT2D eigenvalue weighted by molar-refractivity contribution is 6.02. The lowest BCUT2D eigenvalue weighted by atomic mass is 9.80. The molecule has 1 aromatic rings. The molecular formula is C21H28F3N5O2. The minimum atomic E-state index is -4.64. The zero-order valence-electron chi connectivity index (χ0n) is 17.3. The van der Waals surface area contributed by atoms with Crippen molar-refractivity contribution in [1.29, 1.82) is 0 Å². The van der Waals surface area contributed by atoms with E-state index in [0.29, 0.717) is 38.8 Å². The Labute approximate surface area is 178 Å². The highest BCUT2D eigenvalue weighted by Gasteiger charge is 2.41. The molecule has 1 aliphatic carbocycles. The number of likely N-dealkylation sites (tertiary alicyclic amines) is 1. The van der Waals surface area contributed by atoms with Crippen molar-refractivity contribution in [3.05, 3.63) is 34.9 Å². The van der Waals surface area contributed by atoms with Crippen LogP contribution in [0.1, 0.15) is 72.3 Å². The Kier molecular flexibility index (Phi) is 6.59. The summed E-state index contributed by atoms with van der Waals surface area (Å²) in [5.41, 5.74) is 14.8. The van der Waals surface area contributed by atoms with E-state index in [1.54, 1.807) is 4.90 Å². The predicted octanol–water partition coefficient (Wildman–Crippen LogP) is 2.49. The predicted molar refractivity (Wildman–Crippen MR) is 110 cm³/mol. The first-order chi connectivity index (χ1) is 14.5. The van der Waals surface area contributed by atoms with Gasteiger partial charge in [0.25, 0.3) is 5.91 Å². The summed E-state index contributed by atoms with van der Waals surface area (Å²) >= 11 is 0. The Balaban J connectivity index is 1.77. The molecule has 0 radical (unpaired) electrons. The van der Waals surface area contributed by atoms with E-state index < -0.39 is 29.1 Å². The first-order valence-electron chi connectivity index (χ1n) is 10.4. The van der Waals surface area contributed by atoms with E-state index in [2.05, 4.69) is 4.99 Å². The van der Waals surface area contributed by atoms with E-state index >= 15 is 0 Å². The van der Waals surface area contributed by atoms with Gasteiger partial charge in [0.2, 0.25) is 5.91 Å². The number of nitrogens with zero attached hydrogens (tertiary/aromatic N) is 2. The Hall–Kier alpha value is -2.62. The van der Waals surface area contributed by atoms with Crippen LogP contribution in [0.25, 0.3) is 0 Å². The third-order valence-corrected chi connectivity index (χ3v) is 6.23. The van der Waals surface area contributed by atoms with Crippen LogP contribution in [0.15, 0.2) is 23.2 Å². The maximum absolute atomic E-state index is 13.7. The zero-order chi connectivity index (χ0) is 22.8. The van der Waals surface area contributed by atoms with Crippen LogP contribution in [0, 0.1) is 0 Å². The molecule has 3 rings (SSSR count). The molecule has 0 atom stereocenters. The topological polar surface area (TPSA) is 128 Å². The van der Waals surface area contributed by atoms with Gasteiger partial charge in [-0.25, -0.2) is 0 Å². The lowest BCUT2D eigenvalue weighted by molar-refractivity contribution is -0.141. The van der Waals surface area contributed by atoms with Crippen LogP contribution >= 0.6 is 0 Å². The third kappa shape index (κ3) is 5.17. The van der Waals surface area contributed by atoms with Gasteiger partial charge in [0.05, 0.1) is 11.1 Å². The van der Waals surface area contributed by atoms with Crippen molar-refractivity contribution in [3.8, 4) is 0 Å². The first kappa shape index (κ1) is 23.1. The summed E-state index contributed by atoms with van der Waals surface area (Å²) in [6, 6.07) is 3.40. The molecule has 1 saturated carbocycles. The second kappa shape index (κ2) is 8.86. The molecule has 2 amide bonds. The molecule has 0 unspecified atom stereocenters. The van der Waals surface area contributed by atoms with Crippen molar-refractivity contribution >= 4 is 17.8 Å². The number of piperidine rings is 1. The Bertz CT molecular complexity index is 866. The first-order valence-corrected chi connectivity index (χ1v) is 10.4. The van der Waals surface area contributed by atoms with Gasteiger partial charge in [-0.2, -0.15) is 18.2 Å². The van der Waals surface area contributed by atoms with Crippen LogP contribution in [0.4, 0.5) is 13.2 Å². The average Bonchev–Trinajstić information content (AvgIpc) is 2.72. The Morgan fingerprint density at radius 2 is 1.68 bits per heavy atom. The number of aliphatic imine (C=N–C) groups is 1. The molecule has 7 nitrogen and oxygen atoms in total. The monoisotopic (exact) mass is 439 g/mol. The van der Waals surface area contributed by atoms with Crippen LogP contribution in [-0.4, -0.2) is 41.3 Å². The second-order valence-electron chi connectivity index (χ2n) is 8.42. The summed E-state index contributed by atoms with van der Waals surface area (Å²) in [6.07, 6.45) is 0.343. The standard InChI is InChI=1S/C21H28F3N5O2/c22-21(23,24)16-12-14(17(30)28-19(25)26)4-5-15(16)13-6-10-29(11-7-13)18(31)20(27)8-2-1-3-9-20/h4-5,12-13H,1-3,6-11,27H2,(H4,25,26,28,30). The highest BCUT2D eigenvalue weighted by atomic mass is 19.4. The number of alkyl halides is 3. The summed E-state index contributed by atoms with van der Waals surface area (Å²) in [5.74, 6) is -1.93. The van der Waals surface area contributed by atoms with Gasteiger partial charge in [-0.3, -0.25) is 9.59 Å². The van der Waals surface area contributed by atoms with Crippen LogP contribution in [0.5, 0.6) is 0 Å². The summed E-state index contributed by atoms with van der Waals surface area (Å²) < 4.78 is 41.2. The molecule has 170 valence electrons. The van der Waals surface area contributed by atoms with E-state index in [1.165, 1.54) is 12.1 Å². The van der Waals surface area contributed by atoms with Crippen molar-refractivity contribution in [2.45, 2.75) is 62.6 Å². The fourth-order valence-corrected chi connectivity index (χ4v) is 4.58. The van der Waals surface area contributed by atoms with Crippen molar-refractivity contribution in [2.24, 2.45) is 22.2 Å². The number of halogens is 3. The normalized spacial score (nSPS) is 19.7. The molecule has 1 aromatic carbocycles. The SMILES string of the molecule is NC(N)=NC(=O)c1ccc(C2CCN(C(=O)C3(N)CCCCC3)CC2)c(C(F)(F)F)c1. The number of nitrogens with two attached hydrogens (primary N) is 3. The zero-order valence-corrected chi connectivity index (χ0v) is 17.3. The molecule has 1 aliphatic heterocycles. The summed E-state index contributed by atoms with van der Waals surface area (Å²) in [4.78, 5) is 29.8. The van der Waals surface area contributed by atoms with Crippen molar-refractivity contribution in [3.63, 3.8) is 0 Å². The second-order valence-corrected chi connectivity index (χ2v) is 8.42. The molecular weight excluding hydrogens is 411 g/mol. The van der Waals surface area contributed by atoms with Crippen LogP contribution in [-0.2, 0) is 11.0 Å². The van der Waals surface area contributed by atoms with Gasteiger partial charge in [0.1, 0.15) is 0 Å². The van der Waals surface area contributed by atoms with Gasteiger partial charge < -0.3 is 22.1 Å². The van der Waals surface area contributed by atoms with E-state index in [0.717, 1.165) is 25.3 Å². The Morgan fingerprint density at radius 1 is 1.06 bits per heavy atom.